The van der Waals surface area contributed by atoms with Gasteiger partial charge in [-0.15, -0.1) is 0 Å². The van der Waals surface area contributed by atoms with Crippen molar-refractivity contribution in [3.63, 3.8) is 0 Å². The molecule has 0 bridgehead atoms. The zero-order chi connectivity index (χ0) is 4.83. The van der Waals surface area contributed by atoms with E-state index in [1.54, 1.807) is 0 Å². The van der Waals surface area contributed by atoms with E-state index < -0.39 is 0 Å². The van der Waals surface area contributed by atoms with E-state index in [1.165, 1.54) is 24.4 Å². The predicted molar refractivity (Wildman–Crippen MR) is 32.6 cm³/mol. The quantitative estimate of drug-likeness (QED) is 0.373. The maximum absolute atomic E-state index is 2.23. The summed E-state index contributed by atoms with van der Waals surface area (Å²) in [5.41, 5.74) is 0. The van der Waals surface area contributed by atoms with Gasteiger partial charge in [0, 0.05) is 0 Å². The Kier molecular flexibility index (Phi) is 14.6. The first-order valence-corrected chi connectivity index (χ1v) is 2.91. The summed E-state index contributed by atoms with van der Waals surface area (Å²) in [5.74, 6) is 0. The summed E-state index contributed by atoms with van der Waals surface area (Å²) in [7, 11) is 0. The third-order valence-corrected chi connectivity index (χ3v) is 0.957. The van der Waals surface area contributed by atoms with Gasteiger partial charge in [-0.3, -0.25) is 4.70 Å². The Hall–Kier alpha value is 0.527. The molecule has 0 nitrogen and oxygen atoms in total. The van der Waals surface area contributed by atoms with Crippen LogP contribution in [-0.4, -0.2) is 17.7 Å². The van der Waals surface area contributed by atoms with Crippen LogP contribution in [0.5, 0.6) is 0 Å². The monoisotopic (exact) mass is 98.1 g/mol. The molecule has 2 heteroatoms. The van der Waals surface area contributed by atoms with E-state index in [-0.39, 0.29) is 4.70 Å². The van der Waals surface area contributed by atoms with Crippen LogP contribution in [-0.2, 0) is 0 Å². The minimum atomic E-state index is 0. The second-order valence-corrected chi connectivity index (χ2v) is 1.71. The normalized spacial score (nSPS) is 7.86. The molecule has 0 aromatic heterocycles. The van der Waals surface area contributed by atoms with E-state index in [9.17, 15) is 0 Å². The topological polar surface area (TPSA) is 0 Å². The van der Waals surface area contributed by atoms with Crippen LogP contribution < -0.4 is 0 Å². The first-order valence-electron chi connectivity index (χ1n) is 2.91. The van der Waals surface area contributed by atoms with E-state index >= 15 is 0 Å². The summed E-state index contributed by atoms with van der Waals surface area (Å²) in [6.07, 6.45) is 4.18. The molecule has 0 aromatic rings. The Morgan fingerprint density at radius 2 is 1.86 bits per heavy atom. The molecule has 0 N–H and O–H groups in total. The van der Waals surface area contributed by atoms with Gasteiger partial charge in [0.1, 0.15) is 0 Å². The molecule has 0 unspecified atom stereocenters. The third-order valence-electron chi connectivity index (χ3n) is 0.957. The predicted octanol–water partition coefficient (Wildman–Crippen LogP) is 1.92. The molecule has 0 amide bonds. The summed E-state index contributed by atoms with van der Waals surface area (Å²) in [6, 6.07) is 0. The molecule has 0 fully saturated rings. The molecule has 0 aliphatic heterocycles. The Morgan fingerprint density at radius 3 is 2.00 bits per heavy atom. The average molecular weight is 98.1 g/mol. The van der Waals surface area contributed by atoms with E-state index in [1.807, 2.05) is 0 Å². The Balaban J connectivity index is 0. The number of rotatable bonds is 3. The molecule has 0 heterocycles. The number of unbranched alkanes of at least 4 members (excludes halogenated alkanes) is 2. The van der Waals surface area contributed by atoms with Crippen molar-refractivity contribution in [3.05, 3.63) is 0 Å². The second-order valence-electron chi connectivity index (χ2n) is 1.71. The van der Waals surface area contributed by atoms with Crippen molar-refractivity contribution in [2.24, 2.45) is 0 Å². The third kappa shape index (κ3) is 10.8. The fourth-order valence-corrected chi connectivity index (χ4v) is 0.500. The van der Waals surface area contributed by atoms with Crippen LogP contribution in [0.2, 0.25) is 5.09 Å². The van der Waals surface area contributed by atoms with E-state index in [0.717, 1.165) is 0 Å². The molecular formula is C5H12FLi. The number of hydrogen-bond acceptors (Lipinski definition) is 0. The number of halogens is 1. The van der Waals surface area contributed by atoms with Crippen LogP contribution >= 0.6 is 0 Å². The first kappa shape index (κ1) is 10.5. The molecule has 0 aromatic carbocycles. The van der Waals surface area contributed by atoms with Gasteiger partial charge in [0.15, 0.2) is 0 Å². The summed E-state index contributed by atoms with van der Waals surface area (Å²) in [5, 5.41) is 1.36. The molecule has 0 saturated carbocycles. The zero-order valence-corrected chi connectivity index (χ0v) is 5.24. The van der Waals surface area contributed by atoms with Crippen LogP contribution in [0.1, 0.15) is 26.2 Å². The standard InChI is InChI=1S/C5H11.FH.Li/c1-3-5-4-2;;/h1,3-5H2,2H3;1H;. The van der Waals surface area contributed by atoms with Gasteiger partial charge in [-0.25, -0.2) is 0 Å². The van der Waals surface area contributed by atoms with Crippen LogP contribution in [0.4, 0.5) is 4.70 Å². The Bertz CT molecular complexity index is 20.0. The van der Waals surface area contributed by atoms with E-state index in [0.29, 0.717) is 0 Å². The summed E-state index contributed by atoms with van der Waals surface area (Å²) >= 11 is 2.23. The van der Waals surface area contributed by atoms with Crippen molar-refractivity contribution in [2.75, 3.05) is 0 Å². The molecule has 7 heavy (non-hydrogen) atoms. The fraction of sp³-hybridized carbons (Fsp3) is 1.00. The average Bonchev–Trinajstić information content (AvgIpc) is 1.61. The van der Waals surface area contributed by atoms with E-state index in [2.05, 4.69) is 24.6 Å². The van der Waals surface area contributed by atoms with Crippen molar-refractivity contribution < 1.29 is 4.70 Å². The Morgan fingerprint density at radius 1 is 1.29 bits per heavy atom. The van der Waals surface area contributed by atoms with Gasteiger partial charge in [-0.2, -0.15) is 0 Å². The van der Waals surface area contributed by atoms with Gasteiger partial charge in [0.05, 0.1) is 0 Å². The molecule has 0 aliphatic rings. The van der Waals surface area contributed by atoms with Gasteiger partial charge in [-0.05, 0) is 0 Å². The van der Waals surface area contributed by atoms with Crippen molar-refractivity contribution in [3.8, 4) is 0 Å². The molecule has 0 atom stereocenters. The first-order chi connectivity index (χ1) is 2.91. The fourth-order valence-electron chi connectivity index (χ4n) is 0.500. The molecule has 0 spiro atoms. The molecular weight excluding hydrogens is 86.0 g/mol. The SMILES string of the molecule is F.[Li][CH2]CCCC. The van der Waals surface area contributed by atoms with Gasteiger partial charge < -0.3 is 0 Å². The molecule has 0 radical (unpaired) electrons. The van der Waals surface area contributed by atoms with Crippen molar-refractivity contribution >= 4 is 17.7 Å². The number of hydrogen-bond donors (Lipinski definition) is 0. The van der Waals surface area contributed by atoms with Gasteiger partial charge in [0.25, 0.3) is 0 Å². The van der Waals surface area contributed by atoms with Gasteiger partial charge >= 0.3 is 49.0 Å². The summed E-state index contributed by atoms with van der Waals surface area (Å²) in [6.45, 7) is 2.23. The molecule has 0 aliphatic carbocycles. The molecule has 40 valence electrons. The van der Waals surface area contributed by atoms with Crippen LogP contribution in [0, 0.1) is 0 Å². The van der Waals surface area contributed by atoms with Crippen LogP contribution in [0.25, 0.3) is 0 Å². The van der Waals surface area contributed by atoms with Crippen LogP contribution in [0.15, 0.2) is 0 Å². The summed E-state index contributed by atoms with van der Waals surface area (Å²) < 4.78 is 0. The van der Waals surface area contributed by atoms with Crippen molar-refractivity contribution in [2.45, 2.75) is 31.3 Å². The van der Waals surface area contributed by atoms with E-state index in [4.69, 9.17) is 0 Å². The van der Waals surface area contributed by atoms with Crippen molar-refractivity contribution in [1.29, 1.82) is 0 Å². The second kappa shape index (κ2) is 9.73. The van der Waals surface area contributed by atoms with Gasteiger partial charge in [0.2, 0.25) is 0 Å². The Labute approximate surface area is 54.2 Å². The molecule has 0 saturated heterocycles. The zero-order valence-electron chi connectivity index (χ0n) is 5.24. The maximum atomic E-state index is 2.23. The molecule has 0 rings (SSSR count). The summed E-state index contributed by atoms with van der Waals surface area (Å²) in [4.78, 5) is 0. The van der Waals surface area contributed by atoms with Crippen molar-refractivity contribution in [1.82, 2.24) is 0 Å². The van der Waals surface area contributed by atoms with Crippen LogP contribution in [0.3, 0.4) is 0 Å². The van der Waals surface area contributed by atoms with Gasteiger partial charge in [-0.1, -0.05) is 0 Å². The minimum absolute atomic E-state index is 0.